The number of hydrogen-bond acceptors (Lipinski definition) is 3. The van der Waals surface area contributed by atoms with E-state index in [0.29, 0.717) is 11.9 Å². The van der Waals surface area contributed by atoms with Gasteiger partial charge in [-0.25, -0.2) is 4.98 Å². The first kappa shape index (κ1) is 14.6. The fourth-order valence-electron chi connectivity index (χ4n) is 3.13. The molecule has 0 radical (unpaired) electrons. The standard InChI is InChI=1S/C17H22ClN3/c1-20-9-7-15(8-10-20)21(2)17-16-6-4-3-5-13(16)11-14(12-18)19-17/h3-6,11,15H,7-10,12H2,1-2H3. The Kier molecular flexibility index (Phi) is 4.32. The second-order valence-corrected chi connectivity index (χ2v) is 6.20. The number of piperidine rings is 1. The molecule has 0 unspecified atom stereocenters. The summed E-state index contributed by atoms with van der Waals surface area (Å²) in [5, 5.41) is 2.44. The van der Waals surface area contributed by atoms with Gasteiger partial charge in [-0.15, -0.1) is 11.6 Å². The molecule has 2 heterocycles. The number of nitrogens with zero attached hydrogens (tertiary/aromatic N) is 3. The quantitative estimate of drug-likeness (QED) is 0.809. The van der Waals surface area contributed by atoms with Crippen molar-refractivity contribution in [1.82, 2.24) is 9.88 Å². The lowest BCUT2D eigenvalue weighted by Crippen LogP contribution is -2.42. The second-order valence-electron chi connectivity index (χ2n) is 5.94. The van der Waals surface area contributed by atoms with E-state index >= 15 is 0 Å². The van der Waals surface area contributed by atoms with E-state index in [4.69, 9.17) is 16.6 Å². The lowest BCUT2D eigenvalue weighted by Gasteiger charge is -2.36. The number of halogens is 1. The highest BCUT2D eigenvalue weighted by molar-refractivity contribution is 6.17. The molecule has 0 spiro atoms. The molecule has 2 aromatic rings. The van der Waals surface area contributed by atoms with E-state index in [0.717, 1.165) is 24.6 Å². The fourth-order valence-corrected chi connectivity index (χ4v) is 3.26. The van der Waals surface area contributed by atoms with Gasteiger partial charge in [0.05, 0.1) is 11.6 Å². The molecule has 3 rings (SSSR count). The van der Waals surface area contributed by atoms with Crippen LogP contribution in [0, 0.1) is 0 Å². The molecule has 0 bridgehead atoms. The predicted octanol–water partition coefficient (Wildman–Crippen LogP) is 3.50. The van der Waals surface area contributed by atoms with E-state index < -0.39 is 0 Å². The lowest BCUT2D eigenvalue weighted by atomic mass is 10.0. The molecule has 0 N–H and O–H groups in total. The van der Waals surface area contributed by atoms with Crippen molar-refractivity contribution in [3.05, 3.63) is 36.0 Å². The van der Waals surface area contributed by atoms with Gasteiger partial charge in [0.2, 0.25) is 0 Å². The molecule has 1 aliphatic heterocycles. The lowest BCUT2D eigenvalue weighted by molar-refractivity contribution is 0.252. The Balaban J connectivity index is 1.98. The summed E-state index contributed by atoms with van der Waals surface area (Å²) in [4.78, 5) is 9.54. The van der Waals surface area contributed by atoms with E-state index in [1.165, 1.54) is 23.6 Å². The molecule has 21 heavy (non-hydrogen) atoms. The Morgan fingerprint density at radius 1 is 1.29 bits per heavy atom. The molecule has 0 saturated carbocycles. The maximum absolute atomic E-state index is 6.02. The average molecular weight is 304 g/mol. The minimum absolute atomic E-state index is 0.457. The maximum Gasteiger partial charge on any atom is 0.136 e. The molecule has 1 fully saturated rings. The number of hydrogen-bond donors (Lipinski definition) is 0. The van der Waals surface area contributed by atoms with Crippen LogP contribution < -0.4 is 4.90 Å². The summed E-state index contributed by atoms with van der Waals surface area (Å²) in [7, 11) is 4.36. The number of pyridine rings is 1. The first-order chi connectivity index (χ1) is 10.2. The van der Waals surface area contributed by atoms with Crippen molar-refractivity contribution in [1.29, 1.82) is 0 Å². The summed E-state index contributed by atoms with van der Waals surface area (Å²) < 4.78 is 0. The zero-order valence-corrected chi connectivity index (χ0v) is 13.5. The summed E-state index contributed by atoms with van der Waals surface area (Å²) >= 11 is 6.02. The molecular weight excluding hydrogens is 282 g/mol. The van der Waals surface area contributed by atoms with Crippen LogP contribution in [-0.2, 0) is 5.88 Å². The van der Waals surface area contributed by atoms with Gasteiger partial charge >= 0.3 is 0 Å². The number of aromatic nitrogens is 1. The molecule has 1 aromatic heterocycles. The van der Waals surface area contributed by atoms with Gasteiger partial charge in [-0.05, 0) is 44.4 Å². The van der Waals surface area contributed by atoms with Gasteiger partial charge in [0.15, 0.2) is 0 Å². The Morgan fingerprint density at radius 2 is 2.00 bits per heavy atom. The number of rotatable bonds is 3. The molecular formula is C17H22ClN3. The van der Waals surface area contributed by atoms with E-state index in [9.17, 15) is 0 Å². The summed E-state index contributed by atoms with van der Waals surface area (Å²) in [6.07, 6.45) is 2.38. The third-order valence-corrected chi connectivity index (χ3v) is 4.75. The van der Waals surface area contributed by atoms with E-state index in [1.807, 2.05) is 0 Å². The highest BCUT2D eigenvalue weighted by Crippen LogP contribution is 2.29. The number of likely N-dealkylation sites (tertiary alicyclic amines) is 1. The third-order valence-electron chi connectivity index (χ3n) is 4.48. The number of anilines is 1. The zero-order valence-electron chi connectivity index (χ0n) is 12.7. The van der Waals surface area contributed by atoms with Crippen LogP contribution in [0.1, 0.15) is 18.5 Å². The molecule has 3 nitrogen and oxygen atoms in total. The Morgan fingerprint density at radius 3 is 2.71 bits per heavy atom. The maximum atomic E-state index is 6.02. The molecule has 4 heteroatoms. The fraction of sp³-hybridized carbons (Fsp3) is 0.471. The topological polar surface area (TPSA) is 19.4 Å². The van der Waals surface area contributed by atoms with Crippen molar-refractivity contribution in [3.8, 4) is 0 Å². The van der Waals surface area contributed by atoms with Gasteiger partial charge in [0.25, 0.3) is 0 Å². The van der Waals surface area contributed by atoms with Gasteiger partial charge in [-0.2, -0.15) is 0 Å². The number of fused-ring (bicyclic) bond motifs is 1. The van der Waals surface area contributed by atoms with E-state index in [2.05, 4.69) is 54.2 Å². The SMILES string of the molecule is CN1CCC(N(C)c2nc(CCl)cc3ccccc23)CC1. The van der Waals surface area contributed by atoms with Crippen LogP contribution in [0.3, 0.4) is 0 Å². The number of alkyl halides is 1. The minimum Gasteiger partial charge on any atom is -0.356 e. The summed E-state index contributed by atoms with van der Waals surface area (Å²) in [6, 6.07) is 11.1. The monoisotopic (exact) mass is 303 g/mol. The highest BCUT2D eigenvalue weighted by atomic mass is 35.5. The smallest absolute Gasteiger partial charge is 0.136 e. The van der Waals surface area contributed by atoms with Crippen molar-refractivity contribution < 1.29 is 0 Å². The van der Waals surface area contributed by atoms with Crippen molar-refractivity contribution in [2.24, 2.45) is 0 Å². The van der Waals surface area contributed by atoms with Crippen molar-refractivity contribution in [2.75, 3.05) is 32.1 Å². The first-order valence-electron chi connectivity index (χ1n) is 7.55. The molecule has 0 aliphatic carbocycles. The Labute approximate surface area is 131 Å². The van der Waals surface area contributed by atoms with E-state index in [1.54, 1.807) is 0 Å². The predicted molar refractivity (Wildman–Crippen MR) is 90.2 cm³/mol. The van der Waals surface area contributed by atoms with Crippen LogP contribution in [0.5, 0.6) is 0 Å². The van der Waals surface area contributed by atoms with Crippen molar-refractivity contribution >= 4 is 28.2 Å². The van der Waals surface area contributed by atoms with Gasteiger partial charge in [-0.3, -0.25) is 0 Å². The third kappa shape index (κ3) is 2.99. The van der Waals surface area contributed by atoms with Crippen LogP contribution >= 0.6 is 11.6 Å². The van der Waals surface area contributed by atoms with Gasteiger partial charge in [0, 0.05) is 18.5 Å². The van der Waals surface area contributed by atoms with Crippen molar-refractivity contribution in [2.45, 2.75) is 24.8 Å². The highest BCUT2D eigenvalue weighted by Gasteiger charge is 2.23. The second kappa shape index (κ2) is 6.20. The average Bonchev–Trinajstić information content (AvgIpc) is 2.53. The summed E-state index contributed by atoms with van der Waals surface area (Å²) in [5.74, 6) is 1.53. The summed E-state index contributed by atoms with van der Waals surface area (Å²) in [6.45, 7) is 2.31. The van der Waals surface area contributed by atoms with Gasteiger partial charge < -0.3 is 9.80 Å². The van der Waals surface area contributed by atoms with Crippen LogP contribution in [0.25, 0.3) is 10.8 Å². The van der Waals surface area contributed by atoms with Gasteiger partial charge in [-0.1, -0.05) is 24.3 Å². The first-order valence-corrected chi connectivity index (χ1v) is 8.08. The van der Waals surface area contributed by atoms with Gasteiger partial charge in [0.1, 0.15) is 5.82 Å². The molecule has 0 atom stereocenters. The number of benzene rings is 1. The Bertz CT molecular complexity index is 620. The molecule has 1 saturated heterocycles. The van der Waals surface area contributed by atoms with Crippen LogP contribution in [-0.4, -0.2) is 43.1 Å². The zero-order chi connectivity index (χ0) is 14.8. The minimum atomic E-state index is 0.457. The summed E-state index contributed by atoms with van der Waals surface area (Å²) in [5.41, 5.74) is 0.949. The molecule has 112 valence electrons. The largest absolute Gasteiger partial charge is 0.356 e. The molecule has 1 aromatic carbocycles. The van der Waals surface area contributed by atoms with Crippen LogP contribution in [0.15, 0.2) is 30.3 Å². The molecule has 0 amide bonds. The Hall–Kier alpha value is -1.32. The van der Waals surface area contributed by atoms with E-state index in [-0.39, 0.29) is 0 Å². The normalized spacial score (nSPS) is 17.3. The van der Waals surface area contributed by atoms with Crippen LogP contribution in [0.4, 0.5) is 5.82 Å². The molecule has 1 aliphatic rings. The van der Waals surface area contributed by atoms with Crippen LogP contribution in [0.2, 0.25) is 0 Å². The van der Waals surface area contributed by atoms with Crippen molar-refractivity contribution in [3.63, 3.8) is 0 Å².